The average molecular weight is 334 g/mol. The standard InChI is InChI=1S/C16H19FN4O3/c1-10(2)14(20-16(23)24-3)15(22)19-11-4-5-13(12(17)8-11)21-7-6-18-9-21/h4-10,14H,1-3H3,(H,19,22)(H,20,23)/t14-/m0/s1. The molecule has 128 valence electrons. The molecular weight excluding hydrogens is 315 g/mol. The third-order valence-electron chi connectivity index (χ3n) is 3.41. The zero-order chi connectivity index (χ0) is 17.7. The highest BCUT2D eigenvalue weighted by Crippen LogP contribution is 2.18. The molecule has 1 heterocycles. The summed E-state index contributed by atoms with van der Waals surface area (Å²) in [5.74, 6) is -1.13. The fourth-order valence-electron chi connectivity index (χ4n) is 2.14. The maximum atomic E-state index is 14.2. The van der Waals surface area contributed by atoms with Crippen LogP contribution in [0.1, 0.15) is 13.8 Å². The van der Waals surface area contributed by atoms with Crippen LogP contribution in [0.2, 0.25) is 0 Å². The SMILES string of the molecule is COC(=O)N[C@H](C(=O)Nc1ccc(-n2ccnc2)c(F)c1)C(C)C. The number of rotatable bonds is 5. The number of ether oxygens (including phenoxy) is 1. The van der Waals surface area contributed by atoms with Gasteiger partial charge in [0.05, 0.1) is 19.1 Å². The summed E-state index contributed by atoms with van der Waals surface area (Å²) in [5, 5.41) is 5.05. The van der Waals surface area contributed by atoms with Crippen molar-refractivity contribution < 1.29 is 18.7 Å². The minimum absolute atomic E-state index is 0.167. The summed E-state index contributed by atoms with van der Waals surface area (Å²) >= 11 is 0. The number of benzene rings is 1. The lowest BCUT2D eigenvalue weighted by Gasteiger charge is -2.21. The highest BCUT2D eigenvalue weighted by Gasteiger charge is 2.24. The van der Waals surface area contributed by atoms with E-state index in [0.29, 0.717) is 11.4 Å². The van der Waals surface area contributed by atoms with Crippen molar-refractivity contribution in [2.75, 3.05) is 12.4 Å². The molecule has 0 saturated carbocycles. The number of carbonyl (C=O) groups is 2. The molecular formula is C16H19FN4O3. The number of hydrogen-bond donors (Lipinski definition) is 2. The number of nitrogens with one attached hydrogen (secondary N) is 2. The Labute approximate surface area is 138 Å². The summed E-state index contributed by atoms with van der Waals surface area (Å²) in [7, 11) is 1.22. The minimum atomic E-state index is -0.797. The molecule has 0 unspecified atom stereocenters. The second-order valence-electron chi connectivity index (χ2n) is 5.48. The van der Waals surface area contributed by atoms with Gasteiger partial charge >= 0.3 is 6.09 Å². The summed E-state index contributed by atoms with van der Waals surface area (Å²) in [4.78, 5) is 27.5. The van der Waals surface area contributed by atoms with Crippen molar-refractivity contribution in [3.63, 3.8) is 0 Å². The Morgan fingerprint density at radius 3 is 2.62 bits per heavy atom. The van der Waals surface area contributed by atoms with E-state index in [1.807, 2.05) is 0 Å². The van der Waals surface area contributed by atoms with Crippen molar-refractivity contribution in [2.45, 2.75) is 19.9 Å². The number of imidazole rings is 1. The Balaban J connectivity index is 2.13. The highest BCUT2D eigenvalue weighted by molar-refractivity contribution is 5.96. The van der Waals surface area contributed by atoms with Crippen LogP contribution in [0.5, 0.6) is 0 Å². The fourth-order valence-corrected chi connectivity index (χ4v) is 2.14. The molecule has 8 heteroatoms. The van der Waals surface area contributed by atoms with Crippen molar-refractivity contribution in [3.05, 3.63) is 42.7 Å². The van der Waals surface area contributed by atoms with Gasteiger partial charge in [-0.1, -0.05) is 13.8 Å². The first kappa shape index (κ1) is 17.5. The Hall–Kier alpha value is -2.90. The molecule has 24 heavy (non-hydrogen) atoms. The Morgan fingerprint density at radius 2 is 2.08 bits per heavy atom. The lowest BCUT2D eigenvalue weighted by molar-refractivity contribution is -0.119. The summed E-state index contributed by atoms with van der Waals surface area (Å²) in [6, 6.07) is 3.52. The molecule has 1 aromatic carbocycles. The monoisotopic (exact) mass is 334 g/mol. The first-order valence-corrected chi connectivity index (χ1v) is 7.35. The number of carbonyl (C=O) groups excluding carboxylic acids is 2. The van der Waals surface area contributed by atoms with Crippen LogP contribution in [0.3, 0.4) is 0 Å². The third kappa shape index (κ3) is 4.09. The number of aromatic nitrogens is 2. The molecule has 1 atom stereocenters. The molecule has 0 aliphatic carbocycles. The van der Waals surface area contributed by atoms with Crippen LogP contribution >= 0.6 is 0 Å². The Morgan fingerprint density at radius 1 is 1.33 bits per heavy atom. The van der Waals surface area contributed by atoms with Crippen molar-refractivity contribution in [1.82, 2.24) is 14.9 Å². The predicted octanol–water partition coefficient (Wildman–Crippen LogP) is 2.33. The van der Waals surface area contributed by atoms with Crippen LogP contribution in [0.15, 0.2) is 36.9 Å². The van der Waals surface area contributed by atoms with Gasteiger partial charge in [-0.3, -0.25) is 4.79 Å². The second kappa shape index (κ2) is 7.58. The smallest absolute Gasteiger partial charge is 0.407 e. The molecule has 2 amide bonds. The largest absolute Gasteiger partial charge is 0.453 e. The lowest BCUT2D eigenvalue weighted by atomic mass is 10.0. The molecule has 2 aromatic rings. The van der Waals surface area contributed by atoms with Crippen LogP contribution < -0.4 is 10.6 Å². The number of methoxy groups -OCH3 is 1. The summed E-state index contributed by atoms with van der Waals surface area (Å²) in [6.07, 6.45) is 3.93. The van der Waals surface area contributed by atoms with E-state index >= 15 is 0 Å². The first-order chi connectivity index (χ1) is 11.4. The maximum absolute atomic E-state index is 14.2. The van der Waals surface area contributed by atoms with Gasteiger partial charge in [-0.25, -0.2) is 14.2 Å². The molecule has 2 N–H and O–H groups in total. The van der Waals surface area contributed by atoms with Gasteiger partial charge in [0, 0.05) is 18.1 Å². The normalized spacial score (nSPS) is 11.9. The molecule has 0 aliphatic heterocycles. The van der Waals surface area contributed by atoms with Crippen LogP contribution in [0, 0.1) is 11.7 Å². The highest BCUT2D eigenvalue weighted by atomic mass is 19.1. The molecule has 2 rings (SSSR count). The van der Waals surface area contributed by atoms with Crippen LogP contribution in [0.4, 0.5) is 14.9 Å². The zero-order valence-electron chi connectivity index (χ0n) is 13.6. The number of halogens is 1. The van der Waals surface area contributed by atoms with E-state index < -0.39 is 23.9 Å². The van der Waals surface area contributed by atoms with Gasteiger partial charge in [0.25, 0.3) is 0 Å². The van der Waals surface area contributed by atoms with Crippen LogP contribution in [-0.2, 0) is 9.53 Å². The van der Waals surface area contributed by atoms with Crippen molar-refractivity contribution in [2.24, 2.45) is 5.92 Å². The minimum Gasteiger partial charge on any atom is -0.453 e. The van der Waals surface area contributed by atoms with Gasteiger partial charge in [-0.2, -0.15) is 0 Å². The summed E-state index contributed by atoms with van der Waals surface area (Å²) < 4.78 is 20.2. The second-order valence-corrected chi connectivity index (χ2v) is 5.48. The van der Waals surface area contributed by atoms with Gasteiger partial charge in [0.2, 0.25) is 5.91 Å². The summed E-state index contributed by atoms with van der Waals surface area (Å²) in [6.45, 7) is 3.56. The molecule has 0 radical (unpaired) electrons. The van der Waals surface area contributed by atoms with Gasteiger partial charge in [-0.15, -0.1) is 0 Å². The molecule has 1 aromatic heterocycles. The third-order valence-corrected chi connectivity index (χ3v) is 3.41. The molecule has 0 fully saturated rings. The van der Waals surface area contributed by atoms with E-state index in [1.165, 1.54) is 30.1 Å². The lowest BCUT2D eigenvalue weighted by Crippen LogP contribution is -2.47. The Bertz CT molecular complexity index is 716. The van der Waals surface area contributed by atoms with Crippen molar-refractivity contribution in [3.8, 4) is 5.69 Å². The fraction of sp³-hybridized carbons (Fsp3) is 0.312. The molecule has 0 spiro atoms. The van der Waals surface area contributed by atoms with E-state index in [-0.39, 0.29) is 5.92 Å². The van der Waals surface area contributed by atoms with E-state index in [2.05, 4.69) is 20.4 Å². The van der Waals surface area contributed by atoms with Gasteiger partial charge in [0.15, 0.2) is 0 Å². The van der Waals surface area contributed by atoms with Gasteiger partial charge in [-0.05, 0) is 24.1 Å². The van der Waals surface area contributed by atoms with Crippen LogP contribution in [0.25, 0.3) is 5.69 Å². The van der Waals surface area contributed by atoms with E-state index in [0.717, 1.165) is 0 Å². The van der Waals surface area contributed by atoms with Gasteiger partial charge < -0.3 is 19.9 Å². The predicted molar refractivity (Wildman–Crippen MR) is 86.3 cm³/mol. The number of nitrogens with zero attached hydrogens (tertiary/aromatic N) is 2. The maximum Gasteiger partial charge on any atom is 0.407 e. The Kier molecular flexibility index (Phi) is 5.51. The van der Waals surface area contributed by atoms with Crippen LogP contribution in [-0.4, -0.2) is 34.7 Å². The molecule has 0 bridgehead atoms. The quantitative estimate of drug-likeness (QED) is 0.879. The average Bonchev–Trinajstić information content (AvgIpc) is 3.06. The van der Waals surface area contributed by atoms with E-state index in [1.54, 1.807) is 32.3 Å². The number of anilines is 1. The number of alkyl carbamates (subject to hydrolysis) is 1. The topological polar surface area (TPSA) is 85.2 Å². The zero-order valence-corrected chi connectivity index (χ0v) is 13.6. The van der Waals surface area contributed by atoms with Crippen molar-refractivity contribution in [1.29, 1.82) is 0 Å². The van der Waals surface area contributed by atoms with E-state index in [9.17, 15) is 14.0 Å². The number of hydrogen-bond acceptors (Lipinski definition) is 4. The molecule has 7 nitrogen and oxygen atoms in total. The molecule has 0 saturated heterocycles. The van der Waals surface area contributed by atoms with Crippen molar-refractivity contribution >= 4 is 17.7 Å². The first-order valence-electron chi connectivity index (χ1n) is 7.35. The summed E-state index contributed by atoms with van der Waals surface area (Å²) in [5.41, 5.74) is 0.609. The van der Waals surface area contributed by atoms with Gasteiger partial charge in [0.1, 0.15) is 11.9 Å². The molecule has 0 aliphatic rings. The number of amides is 2. The van der Waals surface area contributed by atoms with E-state index in [4.69, 9.17) is 0 Å².